The zero-order valence-electron chi connectivity index (χ0n) is 12.3. The number of sulfonamides is 1. The van der Waals surface area contributed by atoms with Crippen LogP contribution in [0.1, 0.15) is 20.3 Å². The number of rotatable bonds is 6. The van der Waals surface area contributed by atoms with E-state index >= 15 is 0 Å². The van der Waals surface area contributed by atoms with E-state index in [2.05, 4.69) is 4.72 Å². The van der Waals surface area contributed by atoms with Crippen LogP contribution in [0, 0.1) is 5.92 Å². The maximum Gasteiger partial charge on any atom is 0.241 e. The number of benzene rings is 2. The van der Waals surface area contributed by atoms with Crippen LogP contribution in [0.3, 0.4) is 0 Å². The normalized spacial score (nSPS) is 15.0. The lowest BCUT2D eigenvalue weighted by Gasteiger charge is -2.22. The van der Waals surface area contributed by atoms with Crippen molar-refractivity contribution in [3.8, 4) is 0 Å². The smallest absolute Gasteiger partial charge is 0.241 e. The summed E-state index contributed by atoms with van der Waals surface area (Å²) in [6.45, 7) is 3.69. The first-order chi connectivity index (χ1) is 9.99. The Bertz CT molecular complexity index is 707. The Morgan fingerprint density at radius 1 is 1.14 bits per heavy atom. The van der Waals surface area contributed by atoms with Crippen LogP contribution in [0.25, 0.3) is 10.8 Å². The van der Waals surface area contributed by atoms with Gasteiger partial charge in [0.1, 0.15) is 0 Å². The van der Waals surface area contributed by atoms with E-state index in [1.165, 1.54) is 0 Å². The molecule has 0 aliphatic carbocycles. The van der Waals surface area contributed by atoms with Gasteiger partial charge >= 0.3 is 0 Å². The van der Waals surface area contributed by atoms with Gasteiger partial charge in [0, 0.05) is 11.4 Å². The van der Waals surface area contributed by atoms with Crippen LogP contribution in [0.4, 0.5) is 0 Å². The summed E-state index contributed by atoms with van der Waals surface area (Å²) in [6, 6.07) is 12.1. The van der Waals surface area contributed by atoms with Crippen LogP contribution >= 0.6 is 0 Å². The Kier molecular flexibility index (Phi) is 4.98. The minimum atomic E-state index is -3.66. The lowest BCUT2D eigenvalue weighted by Crippen LogP contribution is -2.41. The molecule has 0 aliphatic heterocycles. The maximum atomic E-state index is 12.6. The quantitative estimate of drug-likeness (QED) is 0.862. The van der Waals surface area contributed by atoms with E-state index in [0.29, 0.717) is 5.39 Å². The number of hydrogen-bond donors (Lipinski definition) is 2. The van der Waals surface area contributed by atoms with Crippen LogP contribution in [-0.4, -0.2) is 26.2 Å². The van der Waals surface area contributed by atoms with Gasteiger partial charge in [-0.3, -0.25) is 0 Å². The van der Waals surface area contributed by atoms with Crippen molar-refractivity contribution in [2.45, 2.75) is 31.2 Å². The van der Waals surface area contributed by atoms with Gasteiger partial charge in [-0.15, -0.1) is 0 Å². The zero-order chi connectivity index (χ0) is 15.5. The summed E-state index contributed by atoms with van der Waals surface area (Å²) < 4.78 is 27.9. The second-order valence-corrected chi connectivity index (χ2v) is 6.96. The summed E-state index contributed by atoms with van der Waals surface area (Å²) in [7, 11) is -3.66. The van der Waals surface area contributed by atoms with Crippen molar-refractivity contribution < 1.29 is 13.5 Å². The van der Waals surface area contributed by atoms with E-state index in [1.54, 1.807) is 18.2 Å². The summed E-state index contributed by atoms with van der Waals surface area (Å²) in [6.07, 6.45) is 0.795. The molecular formula is C16H21NO3S. The molecule has 114 valence electrons. The molecular weight excluding hydrogens is 286 g/mol. The summed E-state index contributed by atoms with van der Waals surface area (Å²) in [5.41, 5.74) is 0. The molecule has 4 nitrogen and oxygen atoms in total. The number of aliphatic hydroxyl groups is 1. The fraction of sp³-hybridized carbons (Fsp3) is 0.375. The molecule has 0 saturated heterocycles. The van der Waals surface area contributed by atoms with Crippen molar-refractivity contribution >= 4 is 20.8 Å². The van der Waals surface area contributed by atoms with Crippen molar-refractivity contribution in [3.05, 3.63) is 42.5 Å². The molecule has 5 heteroatoms. The number of fused-ring (bicyclic) bond motifs is 1. The van der Waals surface area contributed by atoms with E-state index in [0.717, 1.165) is 11.8 Å². The lowest BCUT2D eigenvalue weighted by atomic mass is 10.0. The predicted octanol–water partition coefficient (Wildman–Crippen LogP) is 2.53. The molecule has 2 aromatic carbocycles. The average Bonchev–Trinajstić information content (AvgIpc) is 2.51. The molecule has 0 heterocycles. The second-order valence-electron chi connectivity index (χ2n) is 5.27. The summed E-state index contributed by atoms with van der Waals surface area (Å²) in [4.78, 5) is 0.252. The molecule has 0 spiro atoms. The summed E-state index contributed by atoms with van der Waals surface area (Å²) >= 11 is 0. The summed E-state index contributed by atoms with van der Waals surface area (Å²) in [5, 5.41) is 11.0. The number of aliphatic hydroxyl groups excluding tert-OH is 1. The average molecular weight is 307 g/mol. The van der Waals surface area contributed by atoms with Crippen LogP contribution in [0.5, 0.6) is 0 Å². The number of nitrogens with one attached hydrogen (secondary N) is 1. The molecule has 2 N–H and O–H groups in total. The summed E-state index contributed by atoms with van der Waals surface area (Å²) in [5.74, 6) is 0.0692. The topological polar surface area (TPSA) is 66.4 Å². The second kappa shape index (κ2) is 6.56. The first-order valence-electron chi connectivity index (χ1n) is 7.10. The van der Waals surface area contributed by atoms with E-state index in [9.17, 15) is 13.5 Å². The minimum absolute atomic E-state index is 0.0692. The van der Waals surface area contributed by atoms with Gasteiger partial charge in [-0.1, -0.05) is 56.7 Å². The molecule has 0 aliphatic rings. The third kappa shape index (κ3) is 3.43. The van der Waals surface area contributed by atoms with Crippen molar-refractivity contribution in [1.82, 2.24) is 4.72 Å². The predicted molar refractivity (Wildman–Crippen MR) is 84.6 cm³/mol. The van der Waals surface area contributed by atoms with Gasteiger partial charge in [0.15, 0.2) is 0 Å². The Hall–Kier alpha value is -1.43. The molecule has 21 heavy (non-hydrogen) atoms. The molecule has 0 saturated carbocycles. The van der Waals surface area contributed by atoms with Crippen LogP contribution in [-0.2, 0) is 10.0 Å². The van der Waals surface area contributed by atoms with Gasteiger partial charge < -0.3 is 5.11 Å². The third-order valence-electron chi connectivity index (χ3n) is 3.87. The minimum Gasteiger partial charge on any atom is -0.395 e. The SMILES string of the molecule is CC[C@H](C)C(CO)NS(=O)(=O)c1cccc2ccccc12. The van der Waals surface area contributed by atoms with Gasteiger partial charge in [0.2, 0.25) is 10.0 Å². The lowest BCUT2D eigenvalue weighted by molar-refractivity contribution is 0.219. The first-order valence-corrected chi connectivity index (χ1v) is 8.59. The van der Waals surface area contributed by atoms with Gasteiger partial charge in [-0.05, 0) is 17.4 Å². The van der Waals surface area contributed by atoms with Crippen LogP contribution in [0.15, 0.2) is 47.4 Å². The molecule has 2 atom stereocenters. The number of hydrogen-bond acceptors (Lipinski definition) is 3. The highest BCUT2D eigenvalue weighted by atomic mass is 32.2. The molecule has 1 unspecified atom stereocenters. The maximum absolute atomic E-state index is 12.6. The van der Waals surface area contributed by atoms with Crippen LogP contribution in [0.2, 0.25) is 0 Å². The molecule has 0 bridgehead atoms. The highest BCUT2D eigenvalue weighted by Crippen LogP contribution is 2.23. The van der Waals surface area contributed by atoms with E-state index in [-0.39, 0.29) is 17.4 Å². The molecule has 0 fully saturated rings. The van der Waals surface area contributed by atoms with Crippen LogP contribution < -0.4 is 4.72 Å². The highest BCUT2D eigenvalue weighted by molar-refractivity contribution is 7.89. The Morgan fingerprint density at radius 2 is 1.81 bits per heavy atom. The highest BCUT2D eigenvalue weighted by Gasteiger charge is 2.24. The third-order valence-corrected chi connectivity index (χ3v) is 5.42. The Morgan fingerprint density at radius 3 is 2.48 bits per heavy atom. The fourth-order valence-electron chi connectivity index (χ4n) is 2.31. The first kappa shape index (κ1) is 15.9. The van der Waals surface area contributed by atoms with Gasteiger partial charge in [0.25, 0.3) is 0 Å². The monoisotopic (exact) mass is 307 g/mol. The van der Waals surface area contributed by atoms with Gasteiger partial charge in [-0.2, -0.15) is 0 Å². The standard InChI is InChI=1S/C16H21NO3S/c1-3-12(2)15(11-18)17-21(19,20)16-10-6-8-13-7-4-5-9-14(13)16/h4-10,12,15,17-18H,3,11H2,1-2H3/t12-,15?/m0/s1. The Balaban J connectivity index is 2.42. The molecule has 0 aromatic heterocycles. The van der Waals surface area contributed by atoms with Crippen molar-refractivity contribution in [3.63, 3.8) is 0 Å². The Labute approximate surface area is 125 Å². The molecule has 0 radical (unpaired) electrons. The van der Waals surface area contributed by atoms with Crippen molar-refractivity contribution in [1.29, 1.82) is 0 Å². The van der Waals surface area contributed by atoms with Gasteiger partial charge in [-0.25, -0.2) is 13.1 Å². The van der Waals surface area contributed by atoms with Gasteiger partial charge in [0.05, 0.1) is 11.5 Å². The zero-order valence-corrected chi connectivity index (χ0v) is 13.1. The molecule has 2 rings (SSSR count). The molecule has 2 aromatic rings. The van der Waals surface area contributed by atoms with E-state index in [4.69, 9.17) is 0 Å². The van der Waals surface area contributed by atoms with Crippen molar-refractivity contribution in [2.75, 3.05) is 6.61 Å². The fourth-order valence-corrected chi connectivity index (χ4v) is 3.88. The van der Waals surface area contributed by atoms with E-state index in [1.807, 2.05) is 38.1 Å². The van der Waals surface area contributed by atoms with Crippen molar-refractivity contribution in [2.24, 2.45) is 5.92 Å². The molecule has 0 amide bonds. The van der Waals surface area contributed by atoms with E-state index < -0.39 is 16.1 Å². The largest absolute Gasteiger partial charge is 0.395 e.